The first-order chi connectivity index (χ1) is 9.24. The molecule has 1 aromatic carbocycles. The largest absolute Gasteiger partial charge is 0.310 e. The molecule has 0 amide bonds. The number of aryl methyl sites for hydroxylation is 2. The number of hydrogen-bond acceptors (Lipinski definition) is 2. The van der Waals surface area contributed by atoms with Gasteiger partial charge in [0, 0.05) is 18.6 Å². The molecule has 1 N–H and O–H groups in total. The molecule has 0 spiro atoms. The van der Waals surface area contributed by atoms with Gasteiger partial charge in [0.1, 0.15) is 0 Å². The van der Waals surface area contributed by atoms with Gasteiger partial charge in [0.15, 0.2) is 0 Å². The predicted octanol–water partition coefficient (Wildman–Crippen LogP) is 3.02. The van der Waals surface area contributed by atoms with E-state index in [9.17, 15) is 0 Å². The molecule has 2 nitrogen and oxygen atoms in total. The van der Waals surface area contributed by atoms with E-state index in [1.165, 1.54) is 55.5 Å². The Morgan fingerprint density at radius 2 is 1.68 bits per heavy atom. The molecule has 1 saturated carbocycles. The van der Waals surface area contributed by atoms with E-state index in [0.29, 0.717) is 6.04 Å². The third kappa shape index (κ3) is 3.18. The zero-order chi connectivity index (χ0) is 13.2. The third-order valence-corrected chi connectivity index (χ3v) is 4.80. The minimum Gasteiger partial charge on any atom is -0.310 e. The van der Waals surface area contributed by atoms with Gasteiger partial charge in [-0.3, -0.25) is 0 Å². The minimum atomic E-state index is 0.717. The molecule has 0 radical (unpaired) electrons. The molecular weight excluding hydrogens is 232 g/mol. The molecule has 1 heterocycles. The summed E-state index contributed by atoms with van der Waals surface area (Å²) >= 11 is 0. The van der Waals surface area contributed by atoms with Crippen molar-refractivity contribution in [3.05, 3.63) is 34.9 Å². The van der Waals surface area contributed by atoms with Crippen LogP contribution in [-0.4, -0.2) is 30.1 Å². The van der Waals surface area contributed by atoms with Crippen molar-refractivity contribution in [1.82, 2.24) is 10.2 Å². The molecule has 0 unspecified atom stereocenters. The summed E-state index contributed by atoms with van der Waals surface area (Å²) in [5, 5.41) is 3.77. The summed E-state index contributed by atoms with van der Waals surface area (Å²) in [6, 6.07) is 8.26. The molecule has 1 aliphatic heterocycles. The summed E-state index contributed by atoms with van der Waals surface area (Å²) in [6.07, 6.45) is 5.53. The smallest absolute Gasteiger partial charge is 0.0213 e. The van der Waals surface area contributed by atoms with E-state index in [0.717, 1.165) is 12.6 Å². The average molecular weight is 258 g/mol. The van der Waals surface area contributed by atoms with Gasteiger partial charge in [0.05, 0.1) is 0 Å². The highest BCUT2D eigenvalue weighted by molar-refractivity contribution is 5.33. The van der Waals surface area contributed by atoms with Gasteiger partial charge in [-0.05, 0) is 69.3 Å². The van der Waals surface area contributed by atoms with Gasteiger partial charge in [-0.15, -0.1) is 0 Å². The standard InChI is InChI=1S/C17H26N2/c1-13-4-3-5-14(2)17(13)12-18-15-8-10-19(11-9-15)16-6-7-16/h3-5,15-16,18H,6-12H2,1-2H3. The topological polar surface area (TPSA) is 15.3 Å². The highest BCUT2D eigenvalue weighted by Crippen LogP contribution is 2.29. The summed E-state index contributed by atoms with van der Waals surface area (Å²) in [7, 11) is 0. The minimum absolute atomic E-state index is 0.717. The van der Waals surface area contributed by atoms with Gasteiger partial charge in [-0.25, -0.2) is 0 Å². The number of benzene rings is 1. The van der Waals surface area contributed by atoms with E-state index < -0.39 is 0 Å². The summed E-state index contributed by atoms with van der Waals surface area (Å²) in [6.45, 7) is 8.08. The van der Waals surface area contributed by atoms with Gasteiger partial charge >= 0.3 is 0 Å². The van der Waals surface area contributed by atoms with Crippen LogP contribution >= 0.6 is 0 Å². The first-order valence-electron chi connectivity index (χ1n) is 7.76. The summed E-state index contributed by atoms with van der Waals surface area (Å²) in [5.41, 5.74) is 4.33. The second kappa shape index (κ2) is 5.64. The average Bonchev–Trinajstić information content (AvgIpc) is 3.23. The highest BCUT2D eigenvalue weighted by Gasteiger charge is 2.31. The van der Waals surface area contributed by atoms with Crippen LogP contribution < -0.4 is 5.32 Å². The molecule has 2 aliphatic rings. The summed E-state index contributed by atoms with van der Waals surface area (Å²) in [5.74, 6) is 0. The number of rotatable bonds is 4. The molecule has 3 rings (SSSR count). The highest BCUT2D eigenvalue weighted by atomic mass is 15.2. The Labute approximate surface area is 117 Å². The van der Waals surface area contributed by atoms with E-state index >= 15 is 0 Å². The van der Waals surface area contributed by atoms with Crippen molar-refractivity contribution in [3.63, 3.8) is 0 Å². The van der Waals surface area contributed by atoms with Crippen LogP contribution in [0.3, 0.4) is 0 Å². The van der Waals surface area contributed by atoms with Crippen molar-refractivity contribution in [2.75, 3.05) is 13.1 Å². The molecule has 1 saturated heterocycles. The van der Waals surface area contributed by atoms with Crippen LogP contribution in [-0.2, 0) is 6.54 Å². The Kier molecular flexibility index (Phi) is 3.90. The molecule has 104 valence electrons. The van der Waals surface area contributed by atoms with E-state index in [1.807, 2.05) is 0 Å². The second-order valence-electron chi connectivity index (χ2n) is 6.29. The molecule has 2 fully saturated rings. The van der Waals surface area contributed by atoms with Gasteiger partial charge < -0.3 is 10.2 Å². The van der Waals surface area contributed by atoms with Crippen LogP contribution in [0.4, 0.5) is 0 Å². The normalized spacial score (nSPS) is 21.8. The molecule has 0 aromatic heterocycles. The quantitative estimate of drug-likeness (QED) is 0.893. The van der Waals surface area contributed by atoms with Gasteiger partial charge in [-0.1, -0.05) is 18.2 Å². The Hall–Kier alpha value is -0.860. The predicted molar refractivity (Wildman–Crippen MR) is 80.4 cm³/mol. The zero-order valence-corrected chi connectivity index (χ0v) is 12.3. The first kappa shape index (κ1) is 13.1. The fourth-order valence-electron chi connectivity index (χ4n) is 3.28. The lowest BCUT2D eigenvalue weighted by molar-refractivity contribution is 0.189. The Bertz CT molecular complexity index is 409. The number of nitrogens with one attached hydrogen (secondary N) is 1. The van der Waals surface area contributed by atoms with E-state index in [-0.39, 0.29) is 0 Å². The molecular formula is C17H26N2. The SMILES string of the molecule is Cc1cccc(C)c1CNC1CCN(C2CC2)CC1. The number of hydrogen-bond donors (Lipinski definition) is 1. The van der Waals surface area contributed by atoms with Gasteiger partial charge in [0.2, 0.25) is 0 Å². The van der Waals surface area contributed by atoms with Gasteiger partial charge in [0.25, 0.3) is 0 Å². The lowest BCUT2D eigenvalue weighted by Crippen LogP contribution is -2.43. The van der Waals surface area contributed by atoms with Crippen molar-refractivity contribution in [3.8, 4) is 0 Å². The summed E-state index contributed by atoms with van der Waals surface area (Å²) in [4.78, 5) is 2.69. The number of piperidine rings is 1. The van der Waals surface area contributed by atoms with E-state index in [4.69, 9.17) is 0 Å². The Morgan fingerprint density at radius 1 is 1.05 bits per heavy atom. The molecule has 1 aliphatic carbocycles. The fraction of sp³-hybridized carbons (Fsp3) is 0.647. The van der Waals surface area contributed by atoms with E-state index in [1.54, 1.807) is 0 Å². The van der Waals surface area contributed by atoms with Crippen LogP contribution in [0, 0.1) is 13.8 Å². The fourth-order valence-corrected chi connectivity index (χ4v) is 3.28. The molecule has 0 bridgehead atoms. The molecule has 1 aromatic rings. The van der Waals surface area contributed by atoms with Crippen LogP contribution in [0.15, 0.2) is 18.2 Å². The van der Waals surface area contributed by atoms with Crippen molar-refractivity contribution in [2.45, 2.75) is 58.2 Å². The van der Waals surface area contributed by atoms with Crippen LogP contribution in [0.2, 0.25) is 0 Å². The van der Waals surface area contributed by atoms with Crippen molar-refractivity contribution < 1.29 is 0 Å². The molecule has 2 heteroatoms. The van der Waals surface area contributed by atoms with Crippen molar-refractivity contribution in [1.29, 1.82) is 0 Å². The lowest BCUT2D eigenvalue weighted by atomic mass is 10.0. The van der Waals surface area contributed by atoms with Crippen LogP contribution in [0.25, 0.3) is 0 Å². The monoisotopic (exact) mass is 258 g/mol. The Balaban J connectivity index is 1.50. The second-order valence-corrected chi connectivity index (χ2v) is 6.29. The number of likely N-dealkylation sites (tertiary alicyclic amines) is 1. The van der Waals surface area contributed by atoms with Gasteiger partial charge in [-0.2, -0.15) is 0 Å². The lowest BCUT2D eigenvalue weighted by Gasteiger charge is -2.32. The first-order valence-corrected chi connectivity index (χ1v) is 7.76. The Morgan fingerprint density at radius 3 is 2.26 bits per heavy atom. The van der Waals surface area contributed by atoms with E-state index in [2.05, 4.69) is 42.3 Å². The molecule has 19 heavy (non-hydrogen) atoms. The third-order valence-electron chi connectivity index (χ3n) is 4.80. The maximum absolute atomic E-state index is 3.77. The number of nitrogens with zero attached hydrogens (tertiary/aromatic N) is 1. The zero-order valence-electron chi connectivity index (χ0n) is 12.3. The maximum Gasteiger partial charge on any atom is 0.0213 e. The van der Waals surface area contributed by atoms with Crippen molar-refractivity contribution in [2.24, 2.45) is 0 Å². The maximum atomic E-state index is 3.77. The molecule has 0 atom stereocenters. The summed E-state index contributed by atoms with van der Waals surface area (Å²) < 4.78 is 0. The van der Waals surface area contributed by atoms with Crippen LogP contribution in [0.5, 0.6) is 0 Å². The van der Waals surface area contributed by atoms with Crippen LogP contribution in [0.1, 0.15) is 42.4 Å². The van der Waals surface area contributed by atoms with Crippen molar-refractivity contribution >= 4 is 0 Å².